The van der Waals surface area contributed by atoms with E-state index < -0.39 is 6.04 Å². The van der Waals surface area contributed by atoms with E-state index >= 15 is 0 Å². The van der Waals surface area contributed by atoms with Crippen LogP contribution < -0.4 is 0 Å². The summed E-state index contributed by atoms with van der Waals surface area (Å²) in [5.74, 6) is 0. The van der Waals surface area contributed by atoms with Gasteiger partial charge in [-0.2, -0.15) is 0 Å². The van der Waals surface area contributed by atoms with Gasteiger partial charge in [0.15, 0.2) is 0 Å². The molecule has 1 aromatic carbocycles. The van der Waals surface area contributed by atoms with Gasteiger partial charge in [-0.15, -0.1) is 0 Å². The topological polar surface area (TPSA) is 43.1 Å². The van der Waals surface area contributed by atoms with Crippen LogP contribution in [-0.2, 0) is 0 Å². The second-order valence-electron chi connectivity index (χ2n) is 2.72. The second-order valence-corrected chi connectivity index (χ2v) is 2.72. The zero-order valence-corrected chi connectivity index (χ0v) is 6.31. The van der Waals surface area contributed by atoms with Gasteiger partial charge < -0.3 is 0 Å². The van der Waals surface area contributed by atoms with Crippen LogP contribution in [0.2, 0.25) is 0 Å². The van der Waals surface area contributed by atoms with Gasteiger partial charge in [-0.25, -0.2) is 0 Å². The first-order valence-electron chi connectivity index (χ1n) is 3.69. The number of fused-ring (bicyclic) bond motifs is 1. The zero-order valence-electron chi connectivity index (χ0n) is 6.31. The van der Waals surface area contributed by atoms with E-state index in [4.69, 9.17) is 0 Å². The van der Waals surface area contributed by atoms with E-state index in [1.165, 1.54) is 0 Å². The molecular weight excluding hydrogens is 154 g/mol. The summed E-state index contributed by atoms with van der Waals surface area (Å²) in [4.78, 5) is 10.2. The number of hydrogen-bond donors (Lipinski definition) is 0. The van der Waals surface area contributed by atoms with E-state index in [-0.39, 0.29) is 4.92 Å². The largest absolute Gasteiger partial charge is 0.264 e. The molecule has 1 aliphatic rings. The summed E-state index contributed by atoms with van der Waals surface area (Å²) in [7, 11) is 0. The van der Waals surface area contributed by atoms with Gasteiger partial charge in [0.1, 0.15) is 0 Å². The molecule has 3 nitrogen and oxygen atoms in total. The molecule has 0 heterocycles. The SMILES string of the molecule is O=[N+]([O-])C1C=Cc2ccccc21. The van der Waals surface area contributed by atoms with Crippen LogP contribution in [0.15, 0.2) is 30.3 Å². The van der Waals surface area contributed by atoms with E-state index in [1.807, 2.05) is 18.2 Å². The molecule has 0 saturated carbocycles. The van der Waals surface area contributed by atoms with E-state index in [2.05, 4.69) is 0 Å². The summed E-state index contributed by atoms with van der Waals surface area (Å²) in [5, 5.41) is 10.5. The van der Waals surface area contributed by atoms with Gasteiger partial charge in [0.05, 0.1) is 0 Å². The van der Waals surface area contributed by atoms with Crippen LogP contribution in [0, 0.1) is 10.1 Å². The third kappa shape index (κ3) is 0.906. The molecule has 12 heavy (non-hydrogen) atoms. The van der Waals surface area contributed by atoms with Crippen molar-refractivity contribution in [2.45, 2.75) is 6.04 Å². The van der Waals surface area contributed by atoms with Crippen molar-refractivity contribution in [3.05, 3.63) is 51.6 Å². The van der Waals surface area contributed by atoms with Crippen molar-refractivity contribution in [2.75, 3.05) is 0 Å². The minimum Gasteiger partial charge on any atom is -0.264 e. The summed E-state index contributed by atoms with van der Waals surface area (Å²) in [6.45, 7) is 0. The molecule has 1 aliphatic carbocycles. The van der Waals surface area contributed by atoms with Crippen molar-refractivity contribution in [3.63, 3.8) is 0 Å². The first-order chi connectivity index (χ1) is 5.79. The fourth-order valence-electron chi connectivity index (χ4n) is 1.41. The smallest absolute Gasteiger partial charge is 0.257 e. The van der Waals surface area contributed by atoms with Crippen molar-refractivity contribution < 1.29 is 4.92 Å². The highest BCUT2D eigenvalue weighted by molar-refractivity contribution is 5.61. The first kappa shape index (κ1) is 7.03. The minimum atomic E-state index is -0.638. The molecule has 0 amide bonds. The van der Waals surface area contributed by atoms with E-state index in [0.717, 1.165) is 11.1 Å². The Balaban J connectivity index is 2.49. The van der Waals surface area contributed by atoms with Crippen molar-refractivity contribution in [2.24, 2.45) is 0 Å². The zero-order chi connectivity index (χ0) is 8.55. The Morgan fingerprint density at radius 2 is 2.08 bits per heavy atom. The summed E-state index contributed by atoms with van der Waals surface area (Å²) in [6, 6.07) is 6.74. The maximum Gasteiger partial charge on any atom is 0.257 e. The van der Waals surface area contributed by atoms with Crippen molar-refractivity contribution in [3.8, 4) is 0 Å². The molecule has 0 aliphatic heterocycles. The van der Waals surface area contributed by atoms with Gasteiger partial charge >= 0.3 is 0 Å². The average Bonchev–Trinajstić information content (AvgIpc) is 2.47. The number of hydrogen-bond acceptors (Lipinski definition) is 2. The van der Waals surface area contributed by atoms with Gasteiger partial charge in [0.2, 0.25) is 0 Å². The maximum atomic E-state index is 10.5. The molecule has 0 bridgehead atoms. The highest BCUT2D eigenvalue weighted by atomic mass is 16.6. The second kappa shape index (κ2) is 2.44. The fraction of sp³-hybridized carbons (Fsp3) is 0.111. The molecule has 1 aromatic rings. The van der Waals surface area contributed by atoms with Gasteiger partial charge in [-0.05, 0) is 11.6 Å². The molecular formula is C9H7NO2. The molecule has 0 N–H and O–H groups in total. The van der Waals surface area contributed by atoms with Crippen LogP contribution in [0.3, 0.4) is 0 Å². The summed E-state index contributed by atoms with van der Waals surface area (Å²) in [5.41, 5.74) is 1.75. The van der Waals surface area contributed by atoms with Gasteiger partial charge in [-0.3, -0.25) is 10.1 Å². The molecule has 1 unspecified atom stereocenters. The van der Waals surface area contributed by atoms with Crippen molar-refractivity contribution in [1.29, 1.82) is 0 Å². The molecule has 60 valence electrons. The maximum absolute atomic E-state index is 10.5. The Morgan fingerprint density at radius 1 is 1.33 bits per heavy atom. The van der Waals surface area contributed by atoms with Crippen LogP contribution in [0.1, 0.15) is 17.2 Å². The number of rotatable bonds is 1. The monoisotopic (exact) mass is 161 g/mol. The van der Waals surface area contributed by atoms with Gasteiger partial charge in [-0.1, -0.05) is 30.3 Å². The van der Waals surface area contributed by atoms with Crippen molar-refractivity contribution >= 4 is 6.08 Å². The molecule has 3 heteroatoms. The van der Waals surface area contributed by atoms with E-state index in [9.17, 15) is 10.1 Å². The third-order valence-corrected chi connectivity index (χ3v) is 2.00. The van der Waals surface area contributed by atoms with Crippen LogP contribution in [0.5, 0.6) is 0 Å². The van der Waals surface area contributed by atoms with E-state index in [0.29, 0.717) is 0 Å². The Labute approximate surface area is 69.5 Å². The van der Waals surface area contributed by atoms with Gasteiger partial charge in [0, 0.05) is 10.5 Å². The quantitative estimate of drug-likeness (QED) is 0.467. The minimum absolute atomic E-state index is 0.275. The first-order valence-corrected chi connectivity index (χ1v) is 3.69. The molecule has 0 spiro atoms. The third-order valence-electron chi connectivity index (χ3n) is 2.00. The van der Waals surface area contributed by atoms with Crippen LogP contribution in [0.25, 0.3) is 6.08 Å². The number of nitro groups is 1. The Bertz CT molecular complexity index is 357. The van der Waals surface area contributed by atoms with Crippen molar-refractivity contribution in [1.82, 2.24) is 0 Å². The predicted octanol–water partition coefficient (Wildman–Crippen LogP) is 2.03. The number of nitrogens with zero attached hydrogens (tertiary/aromatic N) is 1. The lowest BCUT2D eigenvalue weighted by molar-refractivity contribution is -0.514. The van der Waals surface area contributed by atoms with Crippen LogP contribution in [0.4, 0.5) is 0 Å². The summed E-state index contributed by atoms with van der Waals surface area (Å²) < 4.78 is 0. The standard InChI is InChI=1S/C9H7NO2/c11-10(12)9-6-5-7-3-1-2-4-8(7)9/h1-6,9H. The van der Waals surface area contributed by atoms with E-state index in [1.54, 1.807) is 18.2 Å². The Kier molecular flexibility index (Phi) is 1.43. The predicted molar refractivity (Wildman–Crippen MR) is 45.2 cm³/mol. The molecule has 0 aromatic heterocycles. The molecule has 1 atom stereocenters. The lowest BCUT2D eigenvalue weighted by Gasteiger charge is -2.01. The molecule has 0 fully saturated rings. The lowest BCUT2D eigenvalue weighted by atomic mass is 10.1. The summed E-state index contributed by atoms with van der Waals surface area (Å²) >= 11 is 0. The highest BCUT2D eigenvalue weighted by Gasteiger charge is 2.25. The fourth-order valence-corrected chi connectivity index (χ4v) is 1.41. The lowest BCUT2D eigenvalue weighted by Crippen LogP contribution is -2.05. The summed E-state index contributed by atoms with van der Waals surface area (Å²) in [6.07, 6.45) is 3.41. The highest BCUT2D eigenvalue weighted by Crippen LogP contribution is 2.29. The van der Waals surface area contributed by atoms with Crippen LogP contribution in [-0.4, -0.2) is 4.92 Å². The average molecular weight is 161 g/mol. The molecule has 0 saturated heterocycles. The normalized spacial score (nSPS) is 19.2. The Morgan fingerprint density at radius 3 is 2.83 bits per heavy atom. The number of benzene rings is 1. The molecule has 2 rings (SSSR count). The van der Waals surface area contributed by atoms with Crippen LogP contribution >= 0.6 is 0 Å². The van der Waals surface area contributed by atoms with Gasteiger partial charge in [0.25, 0.3) is 6.04 Å². The molecule has 0 radical (unpaired) electrons. The Hall–Kier alpha value is -1.64.